The smallest absolute Gasteiger partial charge is 0.166 e. The number of rotatable bonds is 5. The summed E-state index contributed by atoms with van der Waals surface area (Å²) in [4.78, 5) is 0. The van der Waals surface area contributed by atoms with E-state index in [9.17, 15) is 0 Å². The minimum Gasteiger partial charge on any atom is -0.363 e. The third kappa shape index (κ3) is 4.13. The molecule has 1 aliphatic rings. The molecule has 0 aliphatic carbocycles. The van der Waals surface area contributed by atoms with Crippen LogP contribution in [0.5, 0.6) is 0 Å². The molecule has 1 saturated heterocycles. The van der Waals surface area contributed by atoms with Crippen molar-refractivity contribution in [1.29, 1.82) is 0 Å². The van der Waals surface area contributed by atoms with Gasteiger partial charge in [-0.1, -0.05) is 60.7 Å². The van der Waals surface area contributed by atoms with Gasteiger partial charge in [-0.15, -0.1) is 0 Å². The Hall–Kier alpha value is -1.91. The van der Waals surface area contributed by atoms with Crippen LogP contribution in [0.3, 0.4) is 0 Å². The van der Waals surface area contributed by atoms with Gasteiger partial charge in [0.15, 0.2) is 5.11 Å². The molecule has 3 nitrogen and oxygen atoms in total. The SMILES string of the molecule is CCNC(=S)NC1CNC(C(c2ccccc2)c2ccccc2)C1. The van der Waals surface area contributed by atoms with Gasteiger partial charge < -0.3 is 16.0 Å². The summed E-state index contributed by atoms with van der Waals surface area (Å²) in [6, 6.07) is 22.3. The number of nitrogens with one attached hydrogen (secondary N) is 3. The van der Waals surface area contributed by atoms with Crippen LogP contribution in [0.25, 0.3) is 0 Å². The van der Waals surface area contributed by atoms with Crippen molar-refractivity contribution in [3.8, 4) is 0 Å². The monoisotopic (exact) mass is 339 g/mol. The van der Waals surface area contributed by atoms with Crippen molar-refractivity contribution < 1.29 is 0 Å². The predicted molar refractivity (Wildman–Crippen MR) is 104 cm³/mol. The van der Waals surface area contributed by atoms with Gasteiger partial charge in [0.05, 0.1) is 0 Å². The van der Waals surface area contributed by atoms with Crippen LogP contribution in [0, 0.1) is 0 Å². The standard InChI is InChI=1S/C20H25N3S/c1-2-21-20(24)23-17-13-18(22-14-17)19(15-9-5-3-6-10-15)16-11-7-4-8-12-16/h3-12,17-19,22H,2,13-14H2,1H3,(H2,21,23,24). The Kier molecular flexibility index (Phi) is 5.83. The zero-order valence-electron chi connectivity index (χ0n) is 14.0. The van der Waals surface area contributed by atoms with E-state index >= 15 is 0 Å². The van der Waals surface area contributed by atoms with E-state index in [1.165, 1.54) is 11.1 Å². The maximum atomic E-state index is 5.33. The highest BCUT2D eigenvalue weighted by Gasteiger charge is 2.32. The molecule has 0 spiro atoms. The van der Waals surface area contributed by atoms with Crippen LogP contribution < -0.4 is 16.0 Å². The van der Waals surface area contributed by atoms with E-state index in [0.717, 1.165) is 24.6 Å². The Bertz CT molecular complexity index is 605. The Morgan fingerprint density at radius 2 is 1.67 bits per heavy atom. The molecule has 4 heteroatoms. The van der Waals surface area contributed by atoms with Gasteiger partial charge in [-0.05, 0) is 36.7 Å². The van der Waals surface area contributed by atoms with E-state index in [1.54, 1.807) is 0 Å². The zero-order chi connectivity index (χ0) is 16.8. The van der Waals surface area contributed by atoms with Gasteiger partial charge in [-0.2, -0.15) is 0 Å². The lowest BCUT2D eigenvalue weighted by molar-refractivity contribution is 0.530. The van der Waals surface area contributed by atoms with Gasteiger partial charge in [-0.25, -0.2) is 0 Å². The van der Waals surface area contributed by atoms with Crippen molar-refractivity contribution in [3.63, 3.8) is 0 Å². The Labute approximate surface area is 149 Å². The van der Waals surface area contributed by atoms with Crippen molar-refractivity contribution in [3.05, 3.63) is 71.8 Å². The minimum atomic E-state index is 0.354. The van der Waals surface area contributed by atoms with Crippen LogP contribution in [0.15, 0.2) is 60.7 Å². The fourth-order valence-corrected chi connectivity index (χ4v) is 3.82. The molecule has 2 aromatic carbocycles. The maximum Gasteiger partial charge on any atom is 0.166 e. The van der Waals surface area contributed by atoms with E-state index in [2.05, 4.69) is 83.5 Å². The summed E-state index contributed by atoms with van der Waals surface area (Å²) in [6.07, 6.45) is 1.06. The average molecular weight is 340 g/mol. The van der Waals surface area contributed by atoms with Crippen LogP contribution in [0.1, 0.15) is 30.4 Å². The van der Waals surface area contributed by atoms with Crippen molar-refractivity contribution in [1.82, 2.24) is 16.0 Å². The van der Waals surface area contributed by atoms with Crippen molar-refractivity contribution in [2.24, 2.45) is 0 Å². The van der Waals surface area contributed by atoms with E-state index < -0.39 is 0 Å². The molecule has 0 radical (unpaired) electrons. The second kappa shape index (κ2) is 8.27. The third-order valence-corrected chi connectivity index (χ3v) is 4.82. The highest BCUT2D eigenvalue weighted by atomic mass is 32.1. The van der Waals surface area contributed by atoms with Crippen LogP contribution in [-0.2, 0) is 0 Å². The van der Waals surface area contributed by atoms with E-state index in [-0.39, 0.29) is 0 Å². The summed E-state index contributed by atoms with van der Waals surface area (Å²) < 4.78 is 0. The number of hydrogen-bond acceptors (Lipinski definition) is 2. The summed E-state index contributed by atoms with van der Waals surface area (Å²) in [5.74, 6) is 0.354. The molecule has 0 saturated carbocycles. The molecule has 0 amide bonds. The molecular weight excluding hydrogens is 314 g/mol. The molecule has 3 rings (SSSR count). The number of hydrogen-bond donors (Lipinski definition) is 3. The highest BCUT2D eigenvalue weighted by Crippen LogP contribution is 2.32. The molecular formula is C20H25N3S. The summed E-state index contributed by atoms with van der Waals surface area (Å²) in [5, 5.41) is 11.0. The van der Waals surface area contributed by atoms with E-state index in [4.69, 9.17) is 12.2 Å². The second-order valence-electron chi connectivity index (χ2n) is 6.25. The molecule has 3 N–H and O–H groups in total. The fraction of sp³-hybridized carbons (Fsp3) is 0.350. The molecule has 2 unspecified atom stereocenters. The molecule has 0 bridgehead atoms. The summed E-state index contributed by atoms with van der Waals surface area (Å²) in [7, 11) is 0. The number of benzene rings is 2. The van der Waals surface area contributed by atoms with E-state index in [1.807, 2.05) is 0 Å². The molecule has 1 heterocycles. The average Bonchev–Trinajstić information content (AvgIpc) is 3.05. The topological polar surface area (TPSA) is 36.1 Å². The van der Waals surface area contributed by atoms with Crippen LogP contribution in [0.2, 0.25) is 0 Å². The minimum absolute atomic E-state index is 0.354. The van der Waals surface area contributed by atoms with Gasteiger partial charge in [0.25, 0.3) is 0 Å². The first-order valence-corrected chi connectivity index (χ1v) is 9.06. The lowest BCUT2D eigenvalue weighted by atomic mass is 9.84. The fourth-order valence-electron chi connectivity index (χ4n) is 3.51. The molecule has 1 fully saturated rings. The molecule has 1 aliphatic heterocycles. The summed E-state index contributed by atoms with van der Waals surface area (Å²) >= 11 is 5.33. The quantitative estimate of drug-likeness (QED) is 0.732. The Morgan fingerprint density at radius 1 is 1.08 bits per heavy atom. The van der Waals surface area contributed by atoms with Crippen molar-refractivity contribution in [2.45, 2.75) is 31.3 Å². The Balaban J connectivity index is 1.77. The molecule has 2 aromatic rings. The summed E-state index contributed by atoms with van der Waals surface area (Å²) in [6.45, 7) is 3.85. The van der Waals surface area contributed by atoms with Crippen LogP contribution in [-0.4, -0.2) is 30.3 Å². The van der Waals surface area contributed by atoms with Crippen molar-refractivity contribution >= 4 is 17.3 Å². The third-order valence-electron chi connectivity index (χ3n) is 4.56. The predicted octanol–water partition coefficient (Wildman–Crippen LogP) is 3.03. The van der Waals surface area contributed by atoms with Gasteiger partial charge in [0, 0.05) is 31.1 Å². The van der Waals surface area contributed by atoms with E-state index in [0.29, 0.717) is 18.0 Å². The molecule has 24 heavy (non-hydrogen) atoms. The van der Waals surface area contributed by atoms with Crippen LogP contribution >= 0.6 is 12.2 Å². The summed E-state index contributed by atoms with van der Waals surface area (Å²) in [5.41, 5.74) is 2.72. The Morgan fingerprint density at radius 3 is 2.21 bits per heavy atom. The van der Waals surface area contributed by atoms with Crippen LogP contribution in [0.4, 0.5) is 0 Å². The largest absolute Gasteiger partial charge is 0.363 e. The van der Waals surface area contributed by atoms with Gasteiger partial charge in [0.1, 0.15) is 0 Å². The van der Waals surface area contributed by atoms with Crippen molar-refractivity contribution in [2.75, 3.05) is 13.1 Å². The first-order chi connectivity index (χ1) is 11.8. The lowest BCUT2D eigenvalue weighted by Gasteiger charge is -2.25. The molecule has 0 aromatic heterocycles. The molecule has 2 atom stereocenters. The van der Waals surface area contributed by atoms with Gasteiger partial charge in [0.2, 0.25) is 0 Å². The second-order valence-corrected chi connectivity index (χ2v) is 6.66. The first-order valence-electron chi connectivity index (χ1n) is 8.65. The first kappa shape index (κ1) is 16.9. The number of thiocarbonyl (C=S) groups is 1. The zero-order valence-corrected chi connectivity index (χ0v) is 14.9. The molecule has 126 valence electrons. The normalized spacial score (nSPS) is 20.1. The lowest BCUT2D eigenvalue weighted by Crippen LogP contribution is -2.42. The maximum absolute atomic E-state index is 5.33. The van der Waals surface area contributed by atoms with Gasteiger partial charge in [-0.3, -0.25) is 0 Å². The highest BCUT2D eigenvalue weighted by molar-refractivity contribution is 7.80. The van der Waals surface area contributed by atoms with Gasteiger partial charge >= 0.3 is 0 Å².